The van der Waals surface area contributed by atoms with Gasteiger partial charge in [0.2, 0.25) is 0 Å². The number of nitrogens with zero attached hydrogens (tertiary/aromatic N) is 1. The Kier molecular flexibility index (Phi) is 6.17. The molecule has 0 bridgehead atoms. The van der Waals surface area contributed by atoms with Crippen LogP contribution in [0.1, 0.15) is 35.2 Å². The quantitative estimate of drug-likeness (QED) is 0.483. The molecule has 0 amide bonds. The zero-order chi connectivity index (χ0) is 19.9. The first-order chi connectivity index (χ1) is 13.6. The SMILES string of the molecule is COC(=O)Cc1ccc(C(c2ccc(OC(C)=O)cc2)c2ccccn2)cc1. The van der Waals surface area contributed by atoms with Crippen molar-refractivity contribution in [2.75, 3.05) is 7.11 Å². The molecule has 1 atom stereocenters. The van der Waals surface area contributed by atoms with Gasteiger partial charge < -0.3 is 9.47 Å². The fourth-order valence-electron chi connectivity index (χ4n) is 3.04. The molecule has 28 heavy (non-hydrogen) atoms. The summed E-state index contributed by atoms with van der Waals surface area (Å²) in [5, 5.41) is 0. The van der Waals surface area contributed by atoms with E-state index < -0.39 is 0 Å². The molecule has 5 nitrogen and oxygen atoms in total. The second kappa shape index (κ2) is 8.95. The molecule has 5 heteroatoms. The Labute approximate surface area is 164 Å². The average Bonchev–Trinajstić information content (AvgIpc) is 2.71. The van der Waals surface area contributed by atoms with Gasteiger partial charge in [-0.25, -0.2) is 0 Å². The van der Waals surface area contributed by atoms with Gasteiger partial charge >= 0.3 is 11.9 Å². The molecule has 3 aromatic rings. The fraction of sp³-hybridized carbons (Fsp3) is 0.174. The molecular formula is C23H21NO4. The number of carbonyl (C=O) groups is 2. The number of methoxy groups -OCH3 is 1. The maximum atomic E-state index is 11.5. The number of ether oxygens (including phenoxy) is 2. The first kappa shape index (κ1) is 19.3. The van der Waals surface area contributed by atoms with Crippen molar-refractivity contribution in [3.63, 3.8) is 0 Å². The van der Waals surface area contributed by atoms with Gasteiger partial charge in [0.05, 0.1) is 25.1 Å². The molecule has 0 fully saturated rings. The van der Waals surface area contributed by atoms with E-state index in [4.69, 9.17) is 9.47 Å². The Hall–Kier alpha value is -3.47. The van der Waals surface area contributed by atoms with Crippen LogP contribution in [-0.4, -0.2) is 24.0 Å². The van der Waals surface area contributed by atoms with Crippen molar-refractivity contribution >= 4 is 11.9 Å². The number of carbonyl (C=O) groups excluding carboxylic acids is 2. The van der Waals surface area contributed by atoms with Crippen molar-refractivity contribution in [3.8, 4) is 5.75 Å². The average molecular weight is 375 g/mol. The molecule has 0 radical (unpaired) electrons. The summed E-state index contributed by atoms with van der Waals surface area (Å²) < 4.78 is 9.85. The number of benzene rings is 2. The second-order valence-electron chi connectivity index (χ2n) is 6.34. The standard InChI is InChI=1S/C23H21NO4/c1-16(25)28-20-12-10-19(11-13-20)23(21-5-3-4-14-24-21)18-8-6-17(7-9-18)15-22(26)27-2/h3-14,23H,15H2,1-2H3. The summed E-state index contributed by atoms with van der Waals surface area (Å²) in [5.41, 5.74) is 3.87. The van der Waals surface area contributed by atoms with E-state index >= 15 is 0 Å². The maximum Gasteiger partial charge on any atom is 0.309 e. The minimum absolute atomic E-state index is 0.0836. The lowest BCUT2D eigenvalue weighted by Gasteiger charge is -2.18. The summed E-state index contributed by atoms with van der Waals surface area (Å²) in [4.78, 5) is 27.2. The van der Waals surface area contributed by atoms with Crippen LogP contribution in [0.15, 0.2) is 72.9 Å². The third kappa shape index (κ3) is 4.82. The number of hydrogen-bond acceptors (Lipinski definition) is 5. The van der Waals surface area contributed by atoms with Gasteiger partial charge in [0.1, 0.15) is 5.75 Å². The van der Waals surface area contributed by atoms with Gasteiger partial charge in [-0.3, -0.25) is 14.6 Å². The monoisotopic (exact) mass is 375 g/mol. The van der Waals surface area contributed by atoms with Gasteiger partial charge in [-0.15, -0.1) is 0 Å². The smallest absolute Gasteiger partial charge is 0.309 e. The lowest BCUT2D eigenvalue weighted by Crippen LogP contribution is -2.07. The molecule has 0 aliphatic rings. The second-order valence-corrected chi connectivity index (χ2v) is 6.34. The molecule has 0 saturated heterocycles. The summed E-state index contributed by atoms with van der Waals surface area (Å²) in [6, 6.07) is 21.1. The first-order valence-corrected chi connectivity index (χ1v) is 8.92. The summed E-state index contributed by atoms with van der Waals surface area (Å²) in [5.74, 6) is -0.200. The van der Waals surface area contributed by atoms with Crippen LogP contribution in [0.25, 0.3) is 0 Å². The molecule has 3 rings (SSSR count). The third-order valence-corrected chi connectivity index (χ3v) is 4.35. The van der Waals surface area contributed by atoms with Gasteiger partial charge in [0.15, 0.2) is 0 Å². The Balaban J connectivity index is 1.94. The van der Waals surface area contributed by atoms with Crippen LogP contribution < -0.4 is 4.74 Å². The lowest BCUT2D eigenvalue weighted by molar-refractivity contribution is -0.139. The largest absolute Gasteiger partial charge is 0.469 e. The zero-order valence-electron chi connectivity index (χ0n) is 15.8. The van der Waals surface area contributed by atoms with Crippen molar-refractivity contribution in [3.05, 3.63) is 95.3 Å². The lowest BCUT2D eigenvalue weighted by atomic mass is 9.87. The van der Waals surface area contributed by atoms with Gasteiger partial charge in [0, 0.05) is 13.1 Å². The summed E-state index contributed by atoms with van der Waals surface area (Å²) in [6.07, 6.45) is 2.00. The van der Waals surface area contributed by atoms with E-state index in [-0.39, 0.29) is 24.3 Å². The van der Waals surface area contributed by atoms with Crippen LogP contribution >= 0.6 is 0 Å². The molecule has 1 aromatic heterocycles. The third-order valence-electron chi connectivity index (χ3n) is 4.35. The van der Waals surface area contributed by atoms with Crippen LogP contribution in [0.4, 0.5) is 0 Å². The van der Waals surface area contributed by atoms with Crippen molar-refractivity contribution in [1.29, 1.82) is 0 Å². The van der Waals surface area contributed by atoms with Crippen molar-refractivity contribution < 1.29 is 19.1 Å². The predicted molar refractivity (Wildman–Crippen MR) is 105 cm³/mol. The highest BCUT2D eigenvalue weighted by atomic mass is 16.5. The van der Waals surface area contributed by atoms with Crippen LogP contribution in [0, 0.1) is 0 Å². The van der Waals surface area contributed by atoms with Crippen molar-refractivity contribution in [1.82, 2.24) is 4.98 Å². The van der Waals surface area contributed by atoms with E-state index in [0.717, 1.165) is 22.4 Å². The van der Waals surface area contributed by atoms with Crippen LogP contribution in [0.5, 0.6) is 5.75 Å². The maximum absolute atomic E-state index is 11.5. The fourth-order valence-corrected chi connectivity index (χ4v) is 3.04. The summed E-state index contributed by atoms with van der Waals surface area (Å²) >= 11 is 0. The normalized spacial score (nSPS) is 11.5. The van der Waals surface area contributed by atoms with E-state index in [1.165, 1.54) is 14.0 Å². The van der Waals surface area contributed by atoms with E-state index in [1.54, 1.807) is 18.3 Å². The van der Waals surface area contributed by atoms with E-state index in [0.29, 0.717) is 5.75 Å². The Bertz CT molecular complexity index is 935. The van der Waals surface area contributed by atoms with Gasteiger partial charge in [-0.2, -0.15) is 0 Å². The molecule has 0 saturated carbocycles. The van der Waals surface area contributed by atoms with E-state index in [2.05, 4.69) is 4.98 Å². The predicted octanol–water partition coefficient (Wildman–Crippen LogP) is 3.90. The topological polar surface area (TPSA) is 65.5 Å². The first-order valence-electron chi connectivity index (χ1n) is 8.92. The highest BCUT2D eigenvalue weighted by molar-refractivity contribution is 5.72. The molecule has 0 aliphatic carbocycles. The molecule has 142 valence electrons. The number of rotatable bonds is 6. The number of esters is 2. The number of hydrogen-bond donors (Lipinski definition) is 0. The minimum Gasteiger partial charge on any atom is -0.469 e. The van der Waals surface area contributed by atoms with Gasteiger partial charge in [0.25, 0.3) is 0 Å². The molecular weight excluding hydrogens is 354 g/mol. The Morgan fingerprint density at radius 1 is 0.929 bits per heavy atom. The minimum atomic E-state index is -0.352. The molecule has 1 unspecified atom stereocenters. The van der Waals surface area contributed by atoms with Gasteiger partial charge in [-0.1, -0.05) is 42.5 Å². The Morgan fingerprint density at radius 2 is 1.57 bits per heavy atom. The van der Waals surface area contributed by atoms with E-state index in [9.17, 15) is 9.59 Å². The zero-order valence-corrected chi connectivity index (χ0v) is 15.8. The summed E-state index contributed by atoms with van der Waals surface area (Å²) in [6.45, 7) is 1.38. The molecule has 1 heterocycles. The van der Waals surface area contributed by atoms with Gasteiger partial charge in [-0.05, 0) is 41.0 Å². The number of aromatic nitrogens is 1. The van der Waals surface area contributed by atoms with Crippen LogP contribution in [-0.2, 0) is 20.7 Å². The van der Waals surface area contributed by atoms with Crippen molar-refractivity contribution in [2.24, 2.45) is 0 Å². The van der Waals surface area contributed by atoms with Crippen LogP contribution in [0.2, 0.25) is 0 Å². The highest BCUT2D eigenvalue weighted by Crippen LogP contribution is 2.32. The molecule has 0 N–H and O–H groups in total. The van der Waals surface area contributed by atoms with Crippen molar-refractivity contribution in [2.45, 2.75) is 19.3 Å². The molecule has 0 spiro atoms. The molecule has 2 aromatic carbocycles. The molecule has 0 aliphatic heterocycles. The number of pyridine rings is 1. The van der Waals surface area contributed by atoms with Crippen LogP contribution in [0.3, 0.4) is 0 Å². The van der Waals surface area contributed by atoms with E-state index in [1.807, 2.05) is 54.6 Å². The Morgan fingerprint density at radius 3 is 2.11 bits per heavy atom. The summed E-state index contributed by atoms with van der Waals surface area (Å²) in [7, 11) is 1.38. The highest BCUT2D eigenvalue weighted by Gasteiger charge is 2.18.